The van der Waals surface area contributed by atoms with Gasteiger partial charge in [0, 0.05) is 11.4 Å². The molecule has 0 amide bonds. The second-order valence-corrected chi connectivity index (χ2v) is 17.5. The number of ether oxygens (including phenoxy) is 4. The quantitative estimate of drug-likeness (QED) is 0.176. The molecule has 1 N–H and O–H groups in total. The van der Waals surface area contributed by atoms with Gasteiger partial charge in [-0.05, 0) is 151 Å². The normalized spacial score (nSPS) is 15.2. The molecule has 5 heteroatoms. The Hall–Kier alpha value is -5.68. The van der Waals surface area contributed by atoms with Crippen LogP contribution in [-0.2, 0) is 16.2 Å². The summed E-state index contributed by atoms with van der Waals surface area (Å²) >= 11 is 0. The van der Waals surface area contributed by atoms with Crippen LogP contribution in [0.1, 0.15) is 86.1 Å². The molecule has 0 fully saturated rings. The first-order valence-electron chi connectivity index (χ1n) is 19.5. The van der Waals surface area contributed by atoms with Crippen LogP contribution in [0.15, 0.2) is 97.1 Å². The van der Waals surface area contributed by atoms with E-state index in [9.17, 15) is 0 Å². The molecule has 0 radical (unpaired) electrons. The fourth-order valence-corrected chi connectivity index (χ4v) is 9.24. The number of methoxy groups -OCH3 is 4. The fourth-order valence-electron chi connectivity index (χ4n) is 9.24. The van der Waals surface area contributed by atoms with Crippen molar-refractivity contribution < 1.29 is 18.9 Å². The van der Waals surface area contributed by atoms with Crippen LogP contribution in [0.2, 0.25) is 0 Å². The topological polar surface area (TPSA) is 49.0 Å². The molecule has 56 heavy (non-hydrogen) atoms. The van der Waals surface area contributed by atoms with Gasteiger partial charge >= 0.3 is 0 Å². The van der Waals surface area contributed by atoms with E-state index in [4.69, 9.17) is 18.9 Å². The Morgan fingerprint density at radius 1 is 0.446 bits per heavy atom. The summed E-state index contributed by atoms with van der Waals surface area (Å²) in [5, 5.41) is 3.83. The first kappa shape index (κ1) is 37.3. The van der Waals surface area contributed by atoms with Crippen LogP contribution in [-0.4, -0.2) is 28.4 Å². The van der Waals surface area contributed by atoms with Crippen LogP contribution in [0.25, 0.3) is 33.4 Å². The zero-order chi connectivity index (χ0) is 39.9. The van der Waals surface area contributed by atoms with E-state index in [-0.39, 0.29) is 10.8 Å². The number of anilines is 2. The molecule has 0 bridgehead atoms. The van der Waals surface area contributed by atoms with Crippen LogP contribution in [0, 0.1) is 13.8 Å². The largest absolute Gasteiger partial charge is 0.493 e. The van der Waals surface area contributed by atoms with E-state index >= 15 is 0 Å². The molecular formula is C51H53NO4. The van der Waals surface area contributed by atoms with Crippen molar-refractivity contribution in [1.82, 2.24) is 0 Å². The summed E-state index contributed by atoms with van der Waals surface area (Å²) in [5.74, 6) is 2.79. The van der Waals surface area contributed by atoms with E-state index in [1.165, 1.54) is 50.1 Å². The lowest BCUT2D eigenvalue weighted by Gasteiger charge is -2.32. The van der Waals surface area contributed by atoms with Gasteiger partial charge in [0.2, 0.25) is 0 Å². The third-order valence-electron chi connectivity index (χ3n) is 12.0. The number of aryl methyl sites for hydroxylation is 2. The SMILES string of the molecule is COc1cc2c(cc1OC)C1(c3cc(Nc4ccc(-c5ccc(C(C)(C)C)c(C)c5)cc4C)ccc3-2)c2cc(C(C)(C)C)ccc2-c2cc(OC)c(OC)cc21. The molecule has 0 saturated carbocycles. The summed E-state index contributed by atoms with van der Waals surface area (Å²) in [7, 11) is 6.81. The maximum atomic E-state index is 6.00. The second-order valence-electron chi connectivity index (χ2n) is 17.5. The van der Waals surface area contributed by atoms with Crippen molar-refractivity contribution in [3.8, 4) is 56.4 Å². The predicted molar refractivity (Wildman–Crippen MR) is 231 cm³/mol. The number of nitrogens with one attached hydrogen (secondary N) is 1. The molecular weight excluding hydrogens is 691 g/mol. The highest BCUT2D eigenvalue weighted by Crippen LogP contribution is 2.65. The molecule has 0 aromatic heterocycles. The van der Waals surface area contributed by atoms with Gasteiger partial charge < -0.3 is 24.3 Å². The maximum absolute atomic E-state index is 6.00. The minimum Gasteiger partial charge on any atom is -0.493 e. The number of fused-ring (bicyclic) bond motifs is 10. The zero-order valence-electron chi connectivity index (χ0n) is 34.9. The van der Waals surface area contributed by atoms with Crippen molar-refractivity contribution in [2.45, 2.75) is 71.6 Å². The highest BCUT2D eigenvalue weighted by Gasteiger charge is 2.53. The number of hydrogen-bond donors (Lipinski definition) is 1. The monoisotopic (exact) mass is 743 g/mol. The van der Waals surface area contributed by atoms with Crippen molar-refractivity contribution in [2.24, 2.45) is 0 Å². The fraction of sp³-hybridized carbons (Fsp3) is 0.294. The van der Waals surface area contributed by atoms with Gasteiger partial charge in [0.05, 0.1) is 33.9 Å². The average Bonchev–Trinajstić information content (AvgIpc) is 3.61. The summed E-state index contributed by atoms with van der Waals surface area (Å²) in [6, 6.07) is 36.0. The van der Waals surface area contributed by atoms with E-state index in [0.717, 1.165) is 39.2 Å². The van der Waals surface area contributed by atoms with E-state index in [0.29, 0.717) is 23.0 Å². The molecule has 0 saturated heterocycles. The van der Waals surface area contributed by atoms with Crippen LogP contribution in [0.5, 0.6) is 23.0 Å². The molecule has 5 nitrogen and oxygen atoms in total. The van der Waals surface area contributed by atoms with Crippen LogP contribution in [0.4, 0.5) is 11.4 Å². The lowest BCUT2D eigenvalue weighted by Crippen LogP contribution is -2.27. The van der Waals surface area contributed by atoms with Crippen molar-refractivity contribution >= 4 is 11.4 Å². The molecule has 1 spiro atoms. The molecule has 1 atom stereocenters. The van der Waals surface area contributed by atoms with Gasteiger partial charge in [-0.2, -0.15) is 0 Å². The number of hydrogen-bond acceptors (Lipinski definition) is 5. The first-order chi connectivity index (χ1) is 26.6. The van der Waals surface area contributed by atoms with Gasteiger partial charge in [0.1, 0.15) is 0 Å². The third-order valence-corrected chi connectivity index (χ3v) is 12.0. The number of benzene rings is 6. The Kier molecular flexibility index (Phi) is 8.80. The molecule has 0 heterocycles. The second kappa shape index (κ2) is 13.2. The van der Waals surface area contributed by atoms with Crippen molar-refractivity contribution in [2.75, 3.05) is 33.8 Å². The summed E-state index contributed by atoms with van der Waals surface area (Å²) in [6.45, 7) is 18.0. The zero-order valence-corrected chi connectivity index (χ0v) is 34.9. The summed E-state index contributed by atoms with van der Waals surface area (Å²) in [4.78, 5) is 0. The minimum atomic E-state index is -0.677. The summed E-state index contributed by atoms with van der Waals surface area (Å²) in [5.41, 5.74) is 18.3. The van der Waals surface area contributed by atoms with Crippen molar-refractivity contribution in [1.29, 1.82) is 0 Å². The first-order valence-corrected chi connectivity index (χ1v) is 19.5. The Labute approximate surface area is 332 Å². The predicted octanol–water partition coefficient (Wildman–Crippen LogP) is 12.7. The summed E-state index contributed by atoms with van der Waals surface area (Å²) < 4.78 is 23.8. The molecule has 8 rings (SSSR count). The van der Waals surface area contributed by atoms with Gasteiger partial charge in [-0.25, -0.2) is 0 Å². The van der Waals surface area contributed by atoms with Crippen LogP contribution < -0.4 is 24.3 Å². The Morgan fingerprint density at radius 2 is 0.929 bits per heavy atom. The van der Waals surface area contributed by atoms with Gasteiger partial charge in [0.15, 0.2) is 23.0 Å². The molecule has 2 aliphatic rings. The van der Waals surface area contributed by atoms with E-state index in [1.54, 1.807) is 28.4 Å². The van der Waals surface area contributed by atoms with Gasteiger partial charge in [-0.15, -0.1) is 0 Å². The Morgan fingerprint density at radius 3 is 1.43 bits per heavy atom. The molecule has 1 unspecified atom stereocenters. The van der Waals surface area contributed by atoms with Gasteiger partial charge in [0.25, 0.3) is 0 Å². The third kappa shape index (κ3) is 5.66. The van der Waals surface area contributed by atoms with E-state index < -0.39 is 5.41 Å². The smallest absolute Gasteiger partial charge is 0.161 e. The molecule has 286 valence electrons. The van der Waals surface area contributed by atoms with Gasteiger partial charge in [-0.3, -0.25) is 0 Å². The highest BCUT2D eigenvalue weighted by molar-refractivity contribution is 5.97. The van der Waals surface area contributed by atoms with Crippen molar-refractivity contribution in [3.05, 3.63) is 142 Å². The molecule has 2 aliphatic carbocycles. The summed E-state index contributed by atoms with van der Waals surface area (Å²) in [6.07, 6.45) is 0. The lowest BCUT2D eigenvalue weighted by atomic mass is 9.69. The molecule has 6 aromatic carbocycles. The van der Waals surface area contributed by atoms with E-state index in [2.05, 4.69) is 158 Å². The number of rotatable bonds is 7. The van der Waals surface area contributed by atoms with Crippen LogP contribution >= 0.6 is 0 Å². The van der Waals surface area contributed by atoms with Gasteiger partial charge in [-0.1, -0.05) is 90.1 Å². The maximum Gasteiger partial charge on any atom is 0.161 e. The lowest BCUT2D eigenvalue weighted by molar-refractivity contribution is 0.354. The Balaban J connectivity index is 1.33. The standard InChI is InChI=1S/C51H53NO4/c1-29-21-31(13-19-39(29)50(6,7)8)32-14-20-44(30(2)22-32)52-34-16-18-36-38-26-46(54-10)48(56-12)28-43(38)51(41(36)24-34)40-23-33(49(3,4)5)15-17-35(40)37-25-45(53-9)47(55-11)27-42(37)51/h13-28,52H,1-12H3. The van der Waals surface area contributed by atoms with E-state index in [1.807, 2.05) is 0 Å². The average molecular weight is 744 g/mol. The van der Waals surface area contributed by atoms with Crippen LogP contribution in [0.3, 0.4) is 0 Å². The Bertz CT molecular complexity index is 2530. The molecule has 6 aromatic rings. The van der Waals surface area contributed by atoms with Crippen molar-refractivity contribution in [3.63, 3.8) is 0 Å². The molecule has 0 aliphatic heterocycles. The minimum absolute atomic E-state index is 0.0668. The highest BCUT2D eigenvalue weighted by atomic mass is 16.5.